The molecule has 0 aromatic rings. The van der Waals surface area contributed by atoms with Gasteiger partial charge in [-0.3, -0.25) is 0 Å². The predicted molar refractivity (Wildman–Crippen MR) is 60.1 cm³/mol. The highest BCUT2D eigenvalue weighted by Gasteiger charge is 2.56. The van der Waals surface area contributed by atoms with Crippen LogP contribution in [-0.4, -0.2) is 0 Å². The fraction of sp³-hybridized carbons (Fsp3) is 1.00. The summed E-state index contributed by atoms with van der Waals surface area (Å²) in [5, 5.41) is 0. The molecule has 0 heteroatoms. The molecule has 80 valence electrons. The molecule has 0 spiro atoms. The Hall–Kier alpha value is 0. The molecule has 0 radical (unpaired) electrons. The van der Waals surface area contributed by atoms with Crippen LogP contribution in [0.2, 0.25) is 0 Å². The molecular weight excluding hydrogens is 168 g/mol. The van der Waals surface area contributed by atoms with Gasteiger partial charge in [0.1, 0.15) is 0 Å². The lowest BCUT2D eigenvalue weighted by molar-refractivity contribution is -0.122. The highest BCUT2D eigenvalue weighted by molar-refractivity contribution is 5.06. The van der Waals surface area contributed by atoms with E-state index in [4.69, 9.17) is 0 Å². The lowest BCUT2D eigenvalue weighted by atomic mass is 9.42. The van der Waals surface area contributed by atoms with Gasteiger partial charge in [-0.05, 0) is 67.1 Å². The Bertz CT molecular complexity index is 237. The standard InChI is InChI=1S/C14H24/c1-10(2)14-7-11-4-12(8-14)6-13(3,5-11)9-14/h10-12H,4-9H2,1-3H3/t11-,12+,13?,14?. The molecule has 4 fully saturated rings. The van der Waals surface area contributed by atoms with Crippen molar-refractivity contribution in [2.45, 2.75) is 59.3 Å². The first-order chi connectivity index (χ1) is 6.51. The van der Waals surface area contributed by atoms with Gasteiger partial charge in [0, 0.05) is 0 Å². The molecule has 0 N–H and O–H groups in total. The van der Waals surface area contributed by atoms with E-state index in [0.717, 1.165) is 28.6 Å². The normalized spacial score (nSPS) is 55.7. The second kappa shape index (κ2) is 2.57. The summed E-state index contributed by atoms with van der Waals surface area (Å²) >= 11 is 0. The molecule has 0 aliphatic heterocycles. The summed E-state index contributed by atoms with van der Waals surface area (Å²) in [5.74, 6) is 3.13. The third-order valence-corrected chi connectivity index (χ3v) is 5.62. The third-order valence-electron chi connectivity index (χ3n) is 5.62. The monoisotopic (exact) mass is 192 g/mol. The van der Waals surface area contributed by atoms with Crippen molar-refractivity contribution in [1.29, 1.82) is 0 Å². The van der Waals surface area contributed by atoms with Crippen molar-refractivity contribution in [1.82, 2.24) is 0 Å². The van der Waals surface area contributed by atoms with Gasteiger partial charge in [-0.25, -0.2) is 0 Å². The molecule has 4 rings (SSSR count). The molecule has 2 unspecified atom stereocenters. The summed E-state index contributed by atoms with van der Waals surface area (Å²) in [6.45, 7) is 7.51. The van der Waals surface area contributed by atoms with E-state index in [9.17, 15) is 0 Å². The highest BCUT2D eigenvalue weighted by Crippen LogP contribution is 2.67. The van der Waals surface area contributed by atoms with Crippen LogP contribution in [-0.2, 0) is 0 Å². The topological polar surface area (TPSA) is 0 Å². The van der Waals surface area contributed by atoms with Crippen LogP contribution in [0.25, 0.3) is 0 Å². The van der Waals surface area contributed by atoms with Crippen LogP contribution in [0.4, 0.5) is 0 Å². The van der Waals surface area contributed by atoms with E-state index in [2.05, 4.69) is 20.8 Å². The Morgan fingerprint density at radius 2 is 1.57 bits per heavy atom. The van der Waals surface area contributed by atoms with E-state index >= 15 is 0 Å². The largest absolute Gasteiger partial charge is 0.0622 e. The predicted octanol–water partition coefficient (Wildman–Crippen LogP) is 4.25. The fourth-order valence-electron chi connectivity index (χ4n) is 5.47. The summed E-state index contributed by atoms with van der Waals surface area (Å²) in [6.07, 6.45) is 9.36. The van der Waals surface area contributed by atoms with Gasteiger partial charge in [-0.2, -0.15) is 0 Å². The Kier molecular flexibility index (Phi) is 1.70. The average molecular weight is 192 g/mol. The van der Waals surface area contributed by atoms with E-state index in [-0.39, 0.29) is 0 Å². The summed E-state index contributed by atoms with van der Waals surface area (Å²) in [4.78, 5) is 0. The first kappa shape index (κ1) is 9.24. The SMILES string of the molecule is CC(C)C12C[C@@H]3C[C@@H](CC(C)(C3)C1)C2. The third kappa shape index (κ3) is 1.12. The van der Waals surface area contributed by atoms with Gasteiger partial charge in [0.2, 0.25) is 0 Å². The van der Waals surface area contributed by atoms with Gasteiger partial charge in [0.05, 0.1) is 0 Å². The summed E-state index contributed by atoms with van der Waals surface area (Å²) in [7, 11) is 0. The minimum absolute atomic E-state index is 0.744. The van der Waals surface area contributed by atoms with Gasteiger partial charge in [0.25, 0.3) is 0 Å². The molecule has 0 nitrogen and oxygen atoms in total. The first-order valence-electron chi connectivity index (χ1n) is 6.51. The molecule has 0 aromatic carbocycles. The van der Waals surface area contributed by atoms with Crippen LogP contribution in [0.15, 0.2) is 0 Å². The van der Waals surface area contributed by atoms with Crippen LogP contribution in [0.3, 0.4) is 0 Å². The minimum atomic E-state index is 0.744. The maximum atomic E-state index is 2.57. The molecule has 0 heterocycles. The lowest BCUT2D eigenvalue weighted by Gasteiger charge is -2.63. The molecule has 0 amide bonds. The van der Waals surface area contributed by atoms with E-state index in [1.807, 2.05) is 0 Å². The molecule has 4 aliphatic carbocycles. The average Bonchev–Trinajstić information content (AvgIpc) is 1.98. The summed E-state index contributed by atoms with van der Waals surface area (Å²) in [6, 6.07) is 0. The zero-order chi connectivity index (χ0) is 9.97. The Morgan fingerprint density at radius 1 is 1.00 bits per heavy atom. The van der Waals surface area contributed by atoms with E-state index in [0.29, 0.717) is 0 Å². The van der Waals surface area contributed by atoms with Crippen molar-refractivity contribution in [2.24, 2.45) is 28.6 Å². The maximum Gasteiger partial charge on any atom is -0.0264 e. The van der Waals surface area contributed by atoms with Crippen molar-refractivity contribution in [3.05, 3.63) is 0 Å². The van der Waals surface area contributed by atoms with Crippen LogP contribution in [0.1, 0.15) is 59.3 Å². The highest BCUT2D eigenvalue weighted by atomic mass is 14.6. The summed E-state index contributed by atoms with van der Waals surface area (Å²) < 4.78 is 0. The zero-order valence-corrected chi connectivity index (χ0v) is 9.97. The smallest absolute Gasteiger partial charge is 0.0264 e. The van der Waals surface area contributed by atoms with Crippen molar-refractivity contribution >= 4 is 0 Å². The number of rotatable bonds is 1. The molecule has 14 heavy (non-hydrogen) atoms. The van der Waals surface area contributed by atoms with Gasteiger partial charge in [0.15, 0.2) is 0 Å². The molecule has 4 atom stereocenters. The first-order valence-corrected chi connectivity index (χ1v) is 6.51. The van der Waals surface area contributed by atoms with Crippen LogP contribution in [0.5, 0.6) is 0 Å². The second-order valence-corrected chi connectivity index (χ2v) is 7.29. The molecule has 0 aromatic heterocycles. The van der Waals surface area contributed by atoms with E-state index in [1.165, 1.54) is 0 Å². The van der Waals surface area contributed by atoms with Crippen LogP contribution < -0.4 is 0 Å². The number of hydrogen-bond acceptors (Lipinski definition) is 0. The van der Waals surface area contributed by atoms with Gasteiger partial charge >= 0.3 is 0 Å². The Labute approximate surface area is 88.5 Å². The fourth-order valence-corrected chi connectivity index (χ4v) is 5.47. The van der Waals surface area contributed by atoms with E-state index in [1.54, 1.807) is 38.5 Å². The second-order valence-electron chi connectivity index (χ2n) is 7.29. The Morgan fingerprint density at radius 3 is 2.00 bits per heavy atom. The van der Waals surface area contributed by atoms with Gasteiger partial charge in [-0.15, -0.1) is 0 Å². The zero-order valence-electron chi connectivity index (χ0n) is 9.97. The van der Waals surface area contributed by atoms with Crippen molar-refractivity contribution in [3.63, 3.8) is 0 Å². The molecule has 4 aliphatic rings. The van der Waals surface area contributed by atoms with Crippen molar-refractivity contribution in [3.8, 4) is 0 Å². The van der Waals surface area contributed by atoms with Gasteiger partial charge < -0.3 is 0 Å². The molecule has 4 saturated carbocycles. The lowest BCUT2D eigenvalue weighted by Crippen LogP contribution is -2.52. The van der Waals surface area contributed by atoms with Crippen molar-refractivity contribution in [2.75, 3.05) is 0 Å². The summed E-state index contributed by atoms with van der Waals surface area (Å²) in [5.41, 5.74) is 1.51. The minimum Gasteiger partial charge on any atom is -0.0622 e. The number of hydrogen-bond donors (Lipinski definition) is 0. The van der Waals surface area contributed by atoms with Crippen molar-refractivity contribution < 1.29 is 0 Å². The molecule has 4 bridgehead atoms. The van der Waals surface area contributed by atoms with Gasteiger partial charge in [-0.1, -0.05) is 20.8 Å². The quantitative estimate of drug-likeness (QED) is 0.582. The molecular formula is C14H24. The maximum absolute atomic E-state index is 2.57. The van der Waals surface area contributed by atoms with E-state index < -0.39 is 0 Å². The molecule has 0 saturated heterocycles. The Balaban J connectivity index is 1.96. The van der Waals surface area contributed by atoms with Crippen LogP contribution >= 0.6 is 0 Å². The van der Waals surface area contributed by atoms with Crippen LogP contribution in [0, 0.1) is 28.6 Å².